The third-order valence-corrected chi connectivity index (χ3v) is 3.68. The molecule has 0 bridgehead atoms. The monoisotopic (exact) mass is 397 g/mol. The van der Waals surface area contributed by atoms with Gasteiger partial charge in [0.25, 0.3) is 5.91 Å². The average molecular weight is 397 g/mol. The third-order valence-electron chi connectivity index (χ3n) is 3.68. The summed E-state index contributed by atoms with van der Waals surface area (Å²) in [5, 5.41) is 2.39. The number of alkyl halides is 3. The van der Waals surface area contributed by atoms with Gasteiger partial charge >= 0.3 is 6.18 Å². The minimum absolute atomic E-state index is 0.0479. The quantitative estimate of drug-likeness (QED) is 0.770. The number of hydrogen-bond acceptors (Lipinski definition) is 6. The number of nitrogens with zero attached hydrogens (tertiary/aromatic N) is 3. The van der Waals surface area contributed by atoms with Crippen LogP contribution >= 0.6 is 0 Å². The molecule has 0 fully saturated rings. The van der Waals surface area contributed by atoms with Crippen molar-refractivity contribution < 1.29 is 27.5 Å². The lowest BCUT2D eigenvalue weighted by molar-refractivity contribution is -0.154. The first-order valence-corrected chi connectivity index (χ1v) is 8.06. The second kappa shape index (κ2) is 8.19. The van der Waals surface area contributed by atoms with Crippen molar-refractivity contribution in [3.05, 3.63) is 40.3 Å². The Morgan fingerprint density at radius 2 is 1.93 bits per heavy atom. The molecule has 28 heavy (non-hydrogen) atoms. The molecule has 0 aromatic carbocycles. The van der Waals surface area contributed by atoms with Gasteiger partial charge in [-0.2, -0.15) is 13.2 Å². The lowest BCUT2D eigenvalue weighted by Crippen LogP contribution is -2.21. The Morgan fingerprint density at radius 3 is 2.46 bits per heavy atom. The van der Waals surface area contributed by atoms with Gasteiger partial charge in [-0.25, -0.2) is 15.0 Å². The number of amides is 2. The van der Waals surface area contributed by atoms with Crippen LogP contribution in [0.2, 0.25) is 0 Å². The minimum Gasteiger partial charge on any atom is -0.468 e. The standard InChI is InChI=1S/C17H18F3N5O3/c1-8-4-13(28-7-17(18,19)20)22-6-11(8)5-12-9(2)23-16(24-10(3)26)25-14(12)15(21)27/h4,6H,5,7H2,1-3H3,(H2,21,27)(H,23,24,25,26). The molecular formula is C17H18F3N5O3. The smallest absolute Gasteiger partial charge is 0.422 e. The molecule has 0 spiro atoms. The zero-order valence-electron chi connectivity index (χ0n) is 15.3. The summed E-state index contributed by atoms with van der Waals surface area (Å²) in [4.78, 5) is 35.0. The normalized spacial score (nSPS) is 11.2. The number of hydrogen-bond donors (Lipinski definition) is 2. The van der Waals surface area contributed by atoms with E-state index in [2.05, 4.69) is 25.0 Å². The number of rotatable bonds is 6. The Balaban J connectivity index is 2.32. The summed E-state index contributed by atoms with van der Waals surface area (Å²) >= 11 is 0. The Bertz CT molecular complexity index is 916. The van der Waals surface area contributed by atoms with Crippen molar-refractivity contribution in [1.82, 2.24) is 15.0 Å². The molecule has 0 radical (unpaired) electrons. The molecule has 8 nitrogen and oxygen atoms in total. The molecule has 2 rings (SSSR count). The molecule has 2 amide bonds. The zero-order chi connectivity index (χ0) is 21.1. The number of nitrogens with one attached hydrogen (secondary N) is 1. The Morgan fingerprint density at radius 1 is 1.25 bits per heavy atom. The van der Waals surface area contributed by atoms with Crippen LogP contribution in [0.25, 0.3) is 0 Å². The molecule has 150 valence electrons. The minimum atomic E-state index is -4.46. The van der Waals surface area contributed by atoms with Gasteiger partial charge in [0, 0.05) is 36.9 Å². The second-order valence-corrected chi connectivity index (χ2v) is 6.03. The SMILES string of the molecule is CC(=O)Nc1nc(C)c(Cc2cnc(OCC(F)(F)F)cc2C)c(C(N)=O)n1. The van der Waals surface area contributed by atoms with Crippen LogP contribution in [0, 0.1) is 13.8 Å². The van der Waals surface area contributed by atoms with Crippen LogP contribution in [0.3, 0.4) is 0 Å². The first-order valence-electron chi connectivity index (χ1n) is 8.06. The molecule has 3 N–H and O–H groups in total. The van der Waals surface area contributed by atoms with E-state index in [9.17, 15) is 22.8 Å². The molecule has 0 aliphatic carbocycles. The molecule has 0 atom stereocenters. The number of carbonyl (C=O) groups is 2. The van der Waals surface area contributed by atoms with E-state index in [1.165, 1.54) is 19.2 Å². The van der Waals surface area contributed by atoms with E-state index in [0.717, 1.165) is 0 Å². The van der Waals surface area contributed by atoms with Crippen molar-refractivity contribution in [2.45, 2.75) is 33.4 Å². The predicted octanol–water partition coefficient (Wildman–Crippen LogP) is 2.08. The van der Waals surface area contributed by atoms with Gasteiger partial charge in [0.1, 0.15) is 5.69 Å². The van der Waals surface area contributed by atoms with E-state index in [4.69, 9.17) is 5.73 Å². The molecule has 0 saturated carbocycles. The zero-order valence-corrected chi connectivity index (χ0v) is 15.3. The van der Waals surface area contributed by atoms with Gasteiger partial charge < -0.3 is 10.5 Å². The lowest BCUT2D eigenvalue weighted by Gasteiger charge is -2.14. The van der Waals surface area contributed by atoms with E-state index in [1.807, 2.05) is 0 Å². The van der Waals surface area contributed by atoms with Crippen molar-refractivity contribution in [1.29, 1.82) is 0 Å². The highest BCUT2D eigenvalue weighted by atomic mass is 19.4. The van der Waals surface area contributed by atoms with Crippen molar-refractivity contribution in [3.8, 4) is 5.88 Å². The number of ether oxygens (including phenoxy) is 1. The second-order valence-electron chi connectivity index (χ2n) is 6.03. The Hall–Kier alpha value is -3.24. The first-order chi connectivity index (χ1) is 13.0. The molecule has 11 heteroatoms. The van der Waals surface area contributed by atoms with E-state index in [-0.39, 0.29) is 23.9 Å². The number of halogens is 3. The van der Waals surface area contributed by atoms with Crippen LogP contribution < -0.4 is 15.8 Å². The number of carbonyl (C=O) groups excluding carboxylic acids is 2. The van der Waals surface area contributed by atoms with Gasteiger partial charge in [0.15, 0.2) is 6.61 Å². The van der Waals surface area contributed by atoms with Gasteiger partial charge in [-0.05, 0) is 25.0 Å². The fourth-order valence-electron chi connectivity index (χ4n) is 2.39. The fourth-order valence-corrected chi connectivity index (χ4v) is 2.39. The van der Waals surface area contributed by atoms with Crippen LogP contribution in [-0.2, 0) is 11.2 Å². The number of primary amides is 1. The molecule has 0 unspecified atom stereocenters. The maximum atomic E-state index is 12.2. The van der Waals surface area contributed by atoms with E-state index >= 15 is 0 Å². The summed E-state index contributed by atoms with van der Waals surface area (Å²) < 4.78 is 41.4. The van der Waals surface area contributed by atoms with Crippen molar-refractivity contribution >= 4 is 17.8 Å². The summed E-state index contributed by atoms with van der Waals surface area (Å²) in [5.74, 6) is -1.42. The van der Waals surface area contributed by atoms with Gasteiger partial charge in [-0.15, -0.1) is 0 Å². The van der Waals surface area contributed by atoms with E-state index < -0.39 is 24.6 Å². The highest BCUT2D eigenvalue weighted by Crippen LogP contribution is 2.23. The van der Waals surface area contributed by atoms with Crippen LogP contribution in [0.1, 0.15) is 39.8 Å². The first kappa shape index (κ1) is 21.1. The molecule has 2 aromatic rings. The number of aryl methyl sites for hydroxylation is 2. The number of aromatic nitrogens is 3. The maximum absolute atomic E-state index is 12.2. The van der Waals surface area contributed by atoms with Crippen molar-refractivity contribution in [3.63, 3.8) is 0 Å². The maximum Gasteiger partial charge on any atom is 0.422 e. The molecule has 2 heterocycles. The van der Waals surface area contributed by atoms with Crippen LogP contribution in [0.5, 0.6) is 5.88 Å². The topological polar surface area (TPSA) is 120 Å². The largest absolute Gasteiger partial charge is 0.468 e. The average Bonchev–Trinajstić information content (AvgIpc) is 2.55. The summed E-state index contributed by atoms with van der Waals surface area (Å²) in [6, 6.07) is 1.37. The molecule has 0 aliphatic rings. The predicted molar refractivity (Wildman–Crippen MR) is 92.9 cm³/mol. The van der Waals surface area contributed by atoms with Gasteiger partial charge in [0.05, 0.1) is 0 Å². The number of pyridine rings is 1. The van der Waals surface area contributed by atoms with Crippen molar-refractivity contribution in [2.24, 2.45) is 5.73 Å². The van der Waals surface area contributed by atoms with Gasteiger partial charge in [-0.1, -0.05) is 0 Å². The Kier molecular flexibility index (Phi) is 6.16. The Labute approximate surface area is 158 Å². The summed E-state index contributed by atoms with van der Waals surface area (Å²) in [6.45, 7) is 3.12. The summed E-state index contributed by atoms with van der Waals surface area (Å²) in [7, 11) is 0. The number of anilines is 1. The molecule has 2 aromatic heterocycles. The van der Waals surface area contributed by atoms with Gasteiger partial charge in [-0.3, -0.25) is 14.9 Å². The number of nitrogens with two attached hydrogens (primary N) is 1. The fraction of sp³-hybridized carbons (Fsp3) is 0.353. The molecular weight excluding hydrogens is 379 g/mol. The van der Waals surface area contributed by atoms with Crippen molar-refractivity contribution in [2.75, 3.05) is 11.9 Å². The van der Waals surface area contributed by atoms with Crippen LogP contribution in [-0.4, -0.2) is 39.5 Å². The third kappa shape index (κ3) is 5.63. The summed E-state index contributed by atoms with van der Waals surface area (Å²) in [5.41, 5.74) is 7.41. The lowest BCUT2D eigenvalue weighted by atomic mass is 10.00. The summed E-state index contributed by atoms with van der Waals surface area (Å²) in [6.07, 6.45) is -2.94. The van der Waals surface area contributed by atoms with E-state index in [1.54, 1.807) is 13.8 Å². The molecule has 0 aliphatic heterocycles. The van der Waals surface area contributed by atoms with Crippen LogP contribution in [0.4, 0.5) is 19.1 Å². The highest BCUT2D eigenvalue weighted by Gasteiger charge is 2.28. The highest BCUT2D eigenvalue weighted by molar-refractivity contribution is 5.94. The van der Waals surface area contributed by atoms with Crippen LogP contribution in [0.15, 0.2) is 12.3 Å². The van der Waals surface area contributed by atoms with E-state index in [0.29, 0.717) is 22.4 Å². The van der Waals surface area contributed by atoms with Gasteiger partial charge in [0.2, 0.25) is 17.7 Å². The molecule has 0 saturated heterocycles.